The van der Waals surface area contributed by atoms with Crippen LogP contribution in [0.1, 0.15) is 49.1 Å². The van der Waals surface area contributed by atoms with E-state index < -0.39 is 0 Å². The van der Waals surface area contributed by atoms with Crippen LogP contribution in [0.25, 0.3) is 0 Å². The van der Waals surface area contributed by atoms with Crippen molar-refractivity contribution < 1.29 is 14.3 Å². The van der Waals surface area contributed by atoms with Crippen molar-refractivity contribution in [2.24, 2.45) is 0 Å². The molecular formula is C25H35N3O3. The third-order valence-electron chi connectivity index (χ3n) is 5.78. The predicted octanol–water partition coefficient (Wildman–Crippen LogP) is 4.21. The van der Waals surface area contributed by atoms with Gasteiger partial charge >= 0.3 is 6.03 Å². The SMILES string of the molecule is COc1cc2c(cc1OC)C(C(C)NC(=O)NC(C)C)N(Cc1ccc(C)cc1)CC2. The van der Waals surface area contributed by atoms with Crippen LogP contribution in [-0.2, 0) is 13.0 Å². The van der Waals surface area contributed by atoms with Crippen LogP contribution in [0.15, 0.2) is 36.4 Å². The first-order valence-corrected chi connectivity index (χ1v) is 10.9. The molecule has 2 amide bonds. The molecule has 0 radical (unpaired) electrons. The van der Waals surface area contributed by atoms with Crippen LogP contribution in [0.4, 0.5) is 4.79 Å². The van der Waals surface area contributed by atoms with Crippen LogP contribution in [0.5, 0.6) is 11.5 Å². The maximum atomic E-state index is 12.5. The van der Waals surface area contributed by atoms with Gasteiger partial charge in [0, 0.05) is 25.2 Å². The van der Waals surface area contributed by atoms with E-state index in [4.69, 9.17) is 9.47 Å². The molecule has 2 N–H and O–H groups in total. The molecule has 1 heterocycles. The molecule has 31 heavy (non-hydrogen) atoms. The summed E-state index contributed by atoms with van der Waals surface area (Å²) < 4.78 is 11.1. The molecule has 2 aromatic carbocycles. The Morgan fingerprint density at radius 3 is 2.32 bits per heavy atom. The van der Waals surface area contributed by atoms with E-state index in [9.17, 15) is 4.79 Å². The number of rotatable bonds is 7. The molecule has 0 saturated carbocycles. The molecule has 0 fully saturated rings. The summed E-state index contributed by atoms with van der Waals surface area (Å²) in [7, 11) is 3.32. The van der Waals surface area contributed by atoms with Crippen LogP contribution in [-0.4, -0.2) is 43.8 Å². The highest BCUT2D eigenvalue weighted by Gasteiger charge is 2.33. The first-order valence-electron chi connectivity index (χ1n) is 10.9. The lowest BCUT2D eigenvalue weighted by Crippen LogP contribution is -2.50. The number of nitrogens with zero attached hydrogens (tertiary/aromatic N) is 1. The van der Waals surface area contributed by atoms with Gasteiger partial charge in [0.1, 0.15) is 0 Å². The van der Waals surface area contributed by atoms with Crippen molar-refractivity contribution in [2.75, 3.05) is 20.8 Å². The average molecular weight is 426 g/mol. The Bertz CT molecular complexity index is 896. The summed E-state index contributed by atoms with van der Waals surface area (Å²) in [5.74, 6) is 1.45. The lowest BCUT2D eigenvalue weighted by Gasteiger charge is -2.41. The van der Waals surface area contributed by atoms with E-state index in [2.05, 4.69) is 65.8 Å². The minimum atomic E-state index is -0.148. The number of nitrogens with one attached hydrogen (secondary N) is 2. The van der Waals surface area contributed by atoms with E-state index in [1.165, 1.54) is 22.3 Å². The van der Waals surface area contributed by atoms with Gasteiger partial charge in [0.25, 0.3) is 0 Å². The van der Waals surface area contributed by atoms with E-state index >= 15 is 0 Å². The number of aryl methyl sites for hydroxylation is 1. The zero-order valence-electron chi connectivity index (χ0n) is 19.5. The van der Waals surface area contributed by atoms with Crippen molar-refractivity contribution in [3.63, 3.8) is 0 Å². The van der Waals surface area contributed by atoms with E-state index in [1.54, 1.807) is 14.2 Å². The lowest BCUT2D eigenvalue weighted by atomic mass is 9.87. The molecule has 1 aliphatic heterocycles. The van der Waals surface area contributed by atoms with E-state index in [-0.39, 0.29) is 24.2 Å². The fraction of sp³-hybridized carbons (Fsp3) is 0.480. The molecule has 3 rings (SSSR count). The van der Waals surface area contributed by atoms with Crippen LogP contribution >= 0.6 is 0 Å². The topological polar surface area (TPSA) is 62.8 Å². The zero-order valence-corrected chi connectivity index (χ0v) is 19.5. The summed E-state index contributed by atoms with van der Waals surface area (Å²) in [6.07, 6.45) is 0.920. The van der Waals surface area contributed by atoms with Gasteiger partial charge in [-0.15, -0.1) is 0 Å². The molecular weight excluding hydrogens is 390 g/mol. The zero-order chi connectivity index (χ0) is 22.5. The van der Waals surface area contributed by atoms with Gasteiger partial charge in [-0.2, -0.15) is 0 Å². The number of amides is 2. The van der Waals surface area contributed by atoms with Gasteiger partial charge < -0.3 is 20.1 Å². The summed E-state index contributed by atoms with van der Waals surface area (Å²) in [4.78, 5) is 14.9. The van der Waals surface area contributed by atoms with Gasteiger partial charge in [-0.1, -0.05) is 29.8 Å². The van der Waals surface area contributed by atoms with Crippen molar-refractivity contribution in [3.8, 4) is 11.5 Å². The molecule has 2 atom stereocenters. The largest absolute Gasteiger partial charge is 0.493 e. The Morgan fingerprint density at radius 1 is 1.06 bits per heavy atom. The fourth-order valence-corrected chi connectivity index (χ4v) is 4.31. The normalized spacial score (nSPS) is 17.1. The maximum Gasteiger partial charge on any atom is 0.315 e. The summed E-state index contributed by atoms with van der Waals surface area (Å²) in [5, 5.41) is 6.08. The van der Waals surface area contributed by atoms with E-state index in [0.29, 0.717) is 5.75 Å². The second-order valence-electron chi connectivity index (χ2n) is 8.62. The number of carbonyl (C=O) groups is 1. The fourth-order valence-electron chi connectivity index (χ4n) is 4.31. The number of hydrogen-bond acceptors (Lipinski definition) is 4. The number of hydrogen-bond donors (Lipinski definition) is 2. The Kier molecular flexibility index (Phi) is 7.44. The second-order valence-corrected chi connectivity index (χ2v) is 8.62. The number of benzene rings is 2. The third kappa shape index (κ3) is 5.50. The van der Waals surface area contributed by atoms with E-state index in [1.807, 2.05) is 13.8 Å². The standard InChI is InChI=1S/C25H35N3O3/c1-16(2)26-25(29)27-18(4)24-21-14-23(31-6)22(30-5)13-20(21)11-12-28(24)15-19-9-7-17(3)8-10-19/h7-10,13-14,16,18,24H,11-12,15H2,1-6H3,(H2,26,27,29). The maximum absolute atomic E-state index is 12.5. The Balaban J connectivity index is 1.95. The van der Waals surface area contributed by atoms with Crippen molar-refractivity contribution in [1.29, 1.82) is 0 Å². The number of carbonyl (C=O) groups excluding carboxylic acids is 1. The summed E-state index contributed by atoms with van der Waals surface area (Å²) >= 11 is 0. The smallest absolute Gasteiger partial charge is 0.315 e. The third-order valence-corrected chi connectivity index (χ3v) is 5.78. The molecule has 6 nitrogen and oxygen atoms in total. The molecule has 1 aliphatic rings. The first-order chi connectivity index (χ1) is 14.8. The number of methoxy groups -OCH3 is 2. The number of urea groups is 1. The molecule has 0 saturated heterocycles. The van der Waals surface area contributed by atoms with Crippen LogP contribution in [0.3, 0.4) is 0 Å². The van der Waals surface area contributed by atoms with Crippen molar-refractivity contribution in [1.82, 2.24) is 15.5 Å². The molecule has 2 aromatic rings. The second kappa shape index (κ2) is 10.1. The minimum Gasteiger partial charge on any atom is -0.493 e. The van der Waals surface area contributed by atoms with Gasteiger partial charge in [0.05, 0.1) is 20.3 Å². The van der Waals surface area contributed by atoms with Crippen LogP contribution in [0, 0.1) is 6.92 Å². The van der Waals surface area contributed by atoms with Crippen molar-refractivity contribution in [2.45, 2.75) is 58.8 Å². The van der Waals surface area contributed by atoms with Crippen LogP contribution < -0.4 is 20.1 Å². The molecule has 6 heteroatoms. The van der Waals surface area contributed by atoms with Gasteiger partial charge in [-0.05, 0) is 62.9 Å². The molecule has 0 spiro atoms. The molecule has 0 aromatic heterocycles. The quantitative estimate of drug-likeness (QED) is 0.698. The first kappa shape index (κ1) is 22.9. The molecule has 0 bridgehead atoms. The van der Waals surface area contributed by atoms with Gasteiger partial charge in [0.15, 0.2) is 11.5 Å². The number of fused-ring (bicyclic) bond motifs is 1. The van der Waals surface area contributed by atoms with Gasteiger partial charge in [-0.25, -0.2) is 4.79 Å². The molecule has 0 aliphatic carbocycles. The summed E-state index contributed by atoms with van der Waals surface area (Å²) in [5.41, 5.74) is 4.92. The highest BCUT2D eigenvalue weighted by molar-refractivity contribution is 5.74. The highest BCUT2D eigenvalue weighted by Crippen LogP contribution is 2.40. The van der Waals surface area contributed by atoms with E-state index in [0.717, 1.165) is 25.3 Å². The minimum absolute atomic E-state index is 0.0165. The van der Waals surface area contributed by atoms with Gasteiger partial charge in [-0.3, -0.25) is 4.90 Å². The average Bonchev–Trinajstić information content (AvgIpc) is 2.73. The monoisotopic (exact) mass is 425 g/mol. The Hall–Kier alpha value is -2.73. The predicted molar refractivity (Wildman–Crippen MR) is 124 cm³/mol. The Morgan fingerprint density at radius 2 is 1.71 bits per heavy atom. The Labute approximate surface area is 185 Å². The summed E-state index contributed by atoms with van der Waals surface area (Å²) in [6.45, 7) is 9.80. The van der Waals surface area contributed by atoms with Crippen LogP contribution in [0.2, 0.25) is 0 Å². The van der Waals surface area contributed by atoms with Gasteiger partial charge in [0.2, 0.25) is 0 Å². The molecule has 168 valence electrons. The highest BCUT2D eigenvalue weighted by atomic mass is 16.5. The number of ether oxygens (including phenoxy) is 2. The molecule has 2 unspecified atom stereocenters. The van der Waals surface area contributed by atoms with Crippen molar-refractivity contribution >= 4 is 6.03 Å². The summed E-state index contributed by atoms with van der Waals surface area (Å²) in [6, 6.07) is 12.7. The lowest BCUT2D eigenvalue weighted by molar-refractivity contribution is 0.143. The van der Waals surface area contributed by atoms with Crippen molar-refractivity contribution in [3.05, 3.63) is 58.7 Å².